The van der Waals surface area contributed by atoms with Crippen molar-refractivity contribution in [2.24, 2.45) is 5.10 Å². The van der Waals surface area contributed by atoms with E-state index >= 15 is 0 Å². The van der Waals surface area contributed by atoms with Crippen LogP contribution in [0.3, 0.4) is 0 Å². The molecule has 0 radical (unpaired) electrons. The number of aryl methyl sites for hydroxylation is 1. The summed E-state index contributed by atoms with van der Waals surface area (Å²) < 4.78 is 5.71. The third-order valence-electron chi connectivity index (χ3n) is 4.86. The SMILES string of the molecule is Cc1ccc(C2=NN(c3ccc(C#N)cc3)[C@@H]([C@]3(C)CO3)C2)cc1. The standard InChI is InChI=1S/C20H19N3O/c1-14-3-7-16(8-4-14)18-11-19(20(2)13-24-20)23(22-18)17-9-5-15(12-21)6-10-17/h3-10,19H,11,13H2,1-2H3/t19-,20+/m1/s1. The van der Waals surface area contributed by atoms with Gasteiger partial charge in [0.2, 0.25) is 0 Å². The molecule has 2 aromatic rings. The van der Waals surface area contributed by atoms with Crippen LogP contribution in [0.2, 0.25) is 0 Å². The summed E-state index contributed by atoms with van der Waals surface area (Å²) >= 11 is 0. The summed E-state index contributed by atoms with van der Waals surface area (Å²) in [5.41, 5.74) is 5.00. The first-order valence-electron chi connectivity index (χ1n) is 8.17. The molecule has 0 amide bonds. The Morgan fingerprint density at radius 2 is 1.83 bits per heavy atom. The van der Waals surface area contributed by atoms with E-state index in [-0.39, 0.29) is 11.6 Å². The molecule has 1 saturated heterocycles. The van der Waals surface area contributed by atoms with Gasteiger partial charge in [0.05, 0.1) is 35.7 Å². The molecular formula is C20H19N3O. The number of epoxide rings is 1. The topological polar surface area (TPSA) is 51.9 Å². The maximum Gasteiger partial charge on any atom is 0.111 e. The van der Waals surface area contributed by atoms with Crippen molar-refractivity contribution in [2.75, 3.05) is 11.6 Å². The molecule has 24 heavy (non-hydrogen) atoms. The molecular weight excluding hydrogens is 298 g/mol. The third kappa shape index (κ3) is 2.57. The number of nitrogens with zero attached hydrogens (tertiary/aromatic N) is 3. The van der Waals surface area contributed by atoms with E-state index in [1.165, 1.54) is 5.56 Å². The van der Waals surface area contributed by atoms with Crippen molar-refractivity contribution in [3.05, 3.63) is 65.2 Å². The maximum absolute atomic E-state index is 8.99. The van der Waals surface area contributed by atoms with Crippen LogP contribution in [0.15, 0.2) is 53.6 Å². The minimum absolute atomic E-state index is 0.149. The Kier molecular flexibility index (Phi) is 3.40. The van der Waals surface area contributed by atoms with E-state index in [0.717, 1.165) is 30.0 Å². The number of rotatable bonds is 3. The number of hydrazone groups is 1. The molecule has 0 N–H and O–H groups in total. The molecule has 120 valence electrons. The Balaban J connectivity index is 1.70. The van der Waals surface area contributed by atoms with Gasteiger partial charge in [0, 0.05) is 6.42 Å². The highest BCUT2D eigenvalue weighted by atomic mass is 16.6. The minimum Gasteiger partial charge on any atom is -0.368 e. The van der Waals surface area contributed by atoms with Gasteiger partial charge in [0.25, 0.3) is 0 Å². The predicted octanol–water partition coefficient (Wildman–Crippen LogP) is 3.64. The molecule has 2 aliphatic rings. The lowest BCUT2D eigenvalue weighted by Crippen LogP contribution is -2.38. The highest BCUT2D eigenvalue weighted by Crippen LogP contribution is 2.41. The van der Waals surface area contributed by atoms with Crippen LogP contribution in [0.25, 0.3) is 0 Å². The Bertz CT molecular complexity index is 827. The first kappa shape index (κ1) is 14.9. The summed E-state index contributed by atoms with van der Waals surface area (Å²) in [7, 11) is 0. The van der Waals surface area contributed by atoms with Gasteiger partial charge in [-0.15, -0.1) is 0 Å². The minimum atomic E-state index is -0.149. The third-order valence-corrected chi connectivity index (χ3v) is 4.86. The van der Waals surface area contributed by atoms with E-state index in [1.54, 1.807) is 0 Å². The summed E-state index contributed by atoms with van der Waals surface area (Å²) in [5, 5.41) is 15.9. The maximum atomic E-state index is 8.99. The van der Waals surface area contributed by atoms with Crippen LogP contribution in [0, 0.1) is 18.3 Å². The van der Waals surface area contributed by atoms with Gasteiger partial charge in [-0.1, -0.05) is 29.8 Å². The first-order chi connectivity index (χ1) is 11.6. The number of benzene rings is 2. The van der Waals surface area contributed by atoms with Crippen LogP contribution >= 0.6 is 0 Å². The fourth-order valence-electron chi connectivity index (χ4n) is 3.14. The molecule has 0 unspecified atom stereocenters. The van der Waals surface area contributed by atoms with E-state index in [4.69, 9.17) is 15.1 Å². The van der Waals surface area contributed by atoms with Crippen LogP contribution in [0.1, 0.15) is 30.0 Å². The van der Waals surface area contributed by atoms with E-state index in [1.807, 2.05) is 24.3 Å². The Morgan fingerprint density at radius 3 is 2.42 bits per heavy atom. The molecule has 0 aromatic heterocycles. The van der Waals surface area contributed by atoms with E-state index < -0.39 is 0 Å². The van der Waals surface area contributed by atoms with Gasteiger partial charge in [0.1, 0.15) is 5.60 Å². The summed E-state index contributed by atoms with van der Waals surface area (Å²) in [6, 6.07) is 18.4. The predicted molar refractivity (Wildman–Crippen MR) is 94.1 cm³/mol. The summed E-state index contributed by atoms with van der Waals surface area (Å²) in [6.07, 6.45) is 0.861. The Hall–Kier alpha value is -2.64. The van der Waals surface area contributed by atoms with Gasteiger partial charge >= 0.3 is 0 Å². The number of hydrogen-bond acceptors (Lipinski definition) is 4. The fourth-order valence-corrected chi connectivity index (χ4v) is 3.14. The van der Waals surface area contributed by atoms with Crippen molar-refractivity contribution in [3.8, 4) is 6.07 Å². The second kappa shape index (κ2) is 5.47. The van der Waals surface area contributed by atoms with Crippen LogP contribution in [-0.4, -0.2) is 24.0 Å². The van der Waals surface area contributed by atoms with E-state index in [9.17, 15) is 0 Å². The lowest BCUT2D eigenvalue weighted by Gasteiger charge is -2.26. The molecule has 0 aliphatic carbocycles. The van der Waals surface area contributed by atoms with E-state index in [0.29, 0.717) is 5.56 Å². The van der Waals surface area contributed by atoms with Crippen molar-refractivity contribution >= 4 is 11.4 Å². The van der Waals surface area contributed by atoms with Gasteiger partial charge in [0.15, 0.2) is 0 Å². The zero-order valence-electron chi connectivity index (χ0n) is 13.9. The molecule has 2 atom stereocenters. The van der Waals surface area contributed by atoms with Gasteiger partial charge in [-0.05, 0) is 43.7 Å². The molecule has 4 nitrogen and oxygen atoms in total. The Labute approximate surface area is 142 Å². The van der Waals surface area contributed by atoms with Gasteiger partial charge < -0.3 is 4.74 Å². The largest absolute Gasteiger partial charge is 0.368 e. The second-order valence-electron chi connectivity index (χ2n) is 6.74. The monoisotopic (exact) mass is 317 g/mol. The van der Waals surface area contributed by atoms with Gasteiger partial charge in [-0.2, -0.15) is 10.4 Å². The zero-order valence-corrected chi connectivity index (χ0v) is 13.9. The number of hydrogen-bond donors (Lipinski definition) is 0. The average molecular weight is 317 g/mol. The first-order valence-corrected chi connectivity index (χ1v) is 8.17. The van der Waals surface area contributed by atoms with Crippen LogP contribution in [0.5, 0.6) is 0 Å². The number of anilines is 1. The average Bonchev–Trinajstić information content (AvgIpc) is 3.20. The molecule has 1 fully saturated rings. The van der Waals surface area contributed by atoms with Crippen molar-refractivity contribution in [1.82, 2.24) is 0 Å². The lowest BCUT2D eigenvalue weighted by atomic mass is 9.95. The summed E-state index contributed by atoms with van der Waals surface area (Å²) in [6.45, 7) is 4.99. The van der Waals surface area contributed by atoms with Crippen LogP contribution < -0.4 is 5.01 Å². The molecule has 2 heterocycles. The molecule has 4 rings (SSSR count). The molecule has 0 spiro atoms. The molecule has 4 heteroatoms. The quantitative estimate of drug-likeness (QED) is 0.812. The van der Waals surface area contributed by atoms with E-state index in [2.05, 4.69) is 49.2 Å². The summed E-state index contributed by atoms with van der Waals surface area (Å²) in [4.78, 5) is 0. The van der Waals surface area contributed by atoms with Crippen molar-refractivity contribution in [2.45, 2.75) is 31.9 Å². The number of nitriles is 1. The van der Waals surface area contributed by atoms with Gasteiger partial charge in [-0.25, -0.2) is 0 Å². The Morgan fingerprint density at radius 1 is 1.17 bits per heavy atom. The van der Waals surface area contributed by atoms with Crippen molar-refractivity contribution in [3.63, 3.8) is 0 Å². The van der Waals surface area contributed by atoms with Crippen molar-refractivity contribution in [1.29, 1.82) is 5.26 Å². The normalized spacial score (nSPS) is 25.3. The van der Waals surface area contributed by atoms with Crippen molar-refractivity contribution < 1.29 is 4.74 Å². The molecule has 0 saturated carbocycles. The molecule has 0 bridgehead atoms. The van der Waals surface area contributed by atoms with Gasteiger partial charge in [-0.3, -0.25) is 5.01 Å². The molecule has 2 aliphatic heterocycles. The zero-order chi connectivity index (χ0) is 16.7. The number of ether oxygens (including phenoxy) is 1. The lowest BCUT2D eigenvalue weighted by molar-refractivity contribution is 0.282. The van der Waals surface area contributed by atoms with Crippen LogP contribution in [0.4, 0.5) is 5.69 Å². The fraction of sp³-hybridized carbons (Fsp3) is 0.300. The summed E-state index contributed by atoms with van der Waals surface area (Å²) in [5.74, 6) is 0. The van der Waals surface area contributed by atoms with Crippen LogP contribution in [-0.2, 0) is 4.74 Å². The molecule has 2 aromatic carbocycles. The second-order valence-corrected chi connectivity index (χ2v) is 6.74. The smallest absolute Gasteiger partial charge is 0.111 e. The highest BCUT2D eigenvalue weighted by Gasteiger charge is 2.52. The highest BCUT2D eigenvalue weighted by molar-refractivity contribution is 6.03.